The fourth-order valence-corrected chi connectivity index (χ4v) is 4.24. The van der Waals surface area contributed by atoms with E-state index in [1.165, 1.54) is 0 Å². The first-order chi connectivity index (χ1) is 15.8. The minimum Gasteiger partial charge on any atom is -0.388 e. The highest BCUT2D eigenvalue weighted by molar-refractivity contribution is 6.21. The molecule has 0 spiro atoms. The Bertz CT molecular complexity index is 1350. The Labute approximate surface area is 185 Å². The van der Waals surface area contributed by atoms with Gasteiger partial charge in [0.25, 0.3) is 12.5 Å². The van der Waals surface area contributed by atoms with Gasteiger partial charge in [-0.05, 0) is 68.1 Å². The molecular formula is C28H16N2O2. The number of fused-ring (bicyclic) bond motifs is 2. The van der Waals surface area contributed by atoms with Crippen molar-refractivity contribution in [2.75, 3.05) is 0 Å². The fourth-order valence-electron chi connectivity index (χ4n) is 4.24. The van der Waals surface area contributed by atoms with E-state index in [4.69, 9.17) is 20.0 Å². The number of nitrogens with zero attached hydrogens (tertiary/aromatic N) is 2. The molecule has 0 aliphatic carbocycles. The van der Waals surface area contributed by atoms with Gasteiger partial charge >= 0.3 is 0 Å². The maximum absolute atomic E-state index is 8.78. The standard InChI is InChI=1S/C28H16N2O2/c29-17-31-21-13-9-19(10-14-21)27-23-5-1-2-6-24(23)28(26-8-4-3-7-25(26)27)20-11-15-22(16-12-20)32-18-30/h1-16H. The Morgan fingerprint density at radius 1 is 0.438 bits per heavy atom. The van der Waals surface area contributed by atoms with Gasteiger partial charge in [-0.1, -0.05) is 72.8 Å². The molecule has 0 radical (unpaired) electrons. The maximum Gasteiger partial charge on any atom is 0.292 e. The lowest BCUT2D eigenvalue weighted by Crippen LogP contribution is -1.91. The Morgan fingerprint density at radius 2 is 0.750 bits per heavy atom. The average Bonchev–Trinajstić information content (AvgIpc) is 2.84. The van der Waals surface area contributed by atoms with Crippen molar-refractivity contribution in [1.82, 2.24) is 0 Å². The van der Waals surface area contributed by atoms with Gasteiger partial charge in [-0.25, -0.2) is 0 Å². The highest BCUT2D eigenvalue weighted by Crippen LogP contribution is 2.43. The first-order valence-electron chi connectivity index (χ1n) is 10.1. The van der Waals surface area contributed by atoms with Gasteiger partial charge in [-0.3, -0.25) is 0 Å². The lowest BCUT2D eigenvalue weighted by atomic mass is 9.86. The second-order valence-corrected chi connectivity index (χ2v) is 7.28. The van der Waals surface area contributed by atoms with Crippen LogP contribution < -0.4 is 9.47 Å². The van der Waals surface area contributed by atoms with Crippen LogP contribution in [0.25, 0.3) is 43.8 Å². The minimum absolute atomic E-state index is 0.515. The summed E-state index contributed by atoms with van der Waals surface area (Å²) in [6.45, 7) is 0. The molecule has 5 rings (SSSR count). The van der Waals surface area contributed by atoms with Crippen molar-refractivity contribution >= 4 is 21.5 Å². The normalized spacial score (nSPS) is 10.4. The zero-order valence-corrected chi connectivity index (χ0v) is 16.9. The Balaban J connectivity index is 1.82. The molecule has 4 heteroatoms. The van der Waals surface area contributed by atoms with Crippen LogP contribution in [0, 0.1) is 23.0 Å². The topological polar surface area (TPSA) is 66.0 Å². The highest BCUT2D eigenvalue weighted by atomic mass is 16.5. The van der Waals surface area contributed by atoms with Crippen LogP contribution in [0.15, 0.2) is 97.1 Å². The van der Waals surface area contributed by atoms with Crippen LogP contribution in [0.5, 0.6) is 11.5 Å². The molecule has 0 saturated heterocycles. The van der Waals surface area contributed by atoms with E-state index in [-0.39, 0.29) is 0 Å². The lowest BCUT2D eigenvalue weighted by Gasteiger charge is -2.17. The molecule has 0 amide bonds. The summed E-state index contributed by atoms with van der Waals surface area (Å²) in [5, 5.41) is 22.1. The van der Waals surface area contributed by atoms with E-state index in [1.54, 1.807) is 12.5 Å². The van der Waals surface area contributed by atoms with E-state index < -0.39 is 0 Å². The van der Waals surface area contributed by atoms with E-state index in [0.717, 1.165) is 43.8 Å². The third-order valence-electron chi connectivity index (χ3n) is 5.54. The van der Waals surface area contributed by atoms with Crippen LogP contribution in [-0.4, -0.2) is 0 Å². The Morgan fingerprint density at radius 3 is 1.03 bits per heavy atom. The Hall–Kier alpha value is -4.80. The van der Waals surface area contributed by atoms with Gasteiger partial charge in [0.15, 0.2) is 0 Å². The highest BCUT2D eigenvalue weighted by Gasteiger charge is 2.16. The summed E-state index contributed by atoms with van der Waals surface area (Å²) < 4.78 is 9.90. The quantitative estimate of drug-likeness (QED) is 0.234. The van der Waals surface area contributed by atoms with Crippen molar-refractivity contribution in [3.63, 3.8) is 0 Å². The van der Waals surface area contributed by atoms with Crippen molar-refractivity contribution < 1.29 is 9.47 Å². The summed E-state index contributed by atoms with van der Waals surface area (Å²) in [6.07, 6.45) is 3.43. The van der Waals surface area contributed by atoms with Crippen LogP contribution in [0.3, 0.4) is 0 Å². The third kappa shape index (κ3) is 3.27. The molecule has 0 aromatic heterocycles. The third-order valence-corrected chi connectivity index (χ3v) is 5.54. The second-order valence-electron chi connectivity index (χ2n) is 7.28. The molecule has 0 N–H and O–H groups in total. The van der Waals surface area contributed by atoms with Crippen molar-refractivity contribution in [2.24, 2.45) is 0 Å². The Kier molecular flexibility index (Phi) is 4.88. The van der Waals surface area contributed by atoms with Crippen LogP contribution in [-0.2, 0) is 0 Å². The molecular weight excluding hydrogens is 396 g/mol. The van der Waals surface area contributed by atoms with Crippen LogP contribution in [0.2, 0.25) is 0 Å². The first kappa shape index (κ1) is 19.2. The fraction of sp³-hybridized carbons (Fsp3) is 0. The molecule has 0 saturated carbocycles. The molecule has 32 heavy (non-hydrogen) atoms. The van der Waals surface area contributed by atoms with Gasteiger partial charge in [0.2, 0.25) is 0 Å². The summed E-state index contributed by atoms with van der Waals surface area (Å²) in [7, 11) is 0. The average molecular weight is 412 g/mol. The molecule has 0 unspecified atom stereocenters. The van der Waals surface area contributed by atoms with Crippen LogP contribution >= 0.6 is 0 Å². The monoisotopic (exact) mass is 412 g/mol. The van der Waals surface area contributed by atoms with Crippen LogP contribution in [0.4, 0.5) is 0 Å². The number of rotatable bonds is 4. The number of benzene rings is 5. The number of hydrogen-bond donors (Lipinski definition) is 0. The van der Waals surface area contributed by atoms with Gasteiger partial charge in [0.1, 0.15) is 11.5 Å². The molecule has 0 fully saturated rings. The summed E-state index contributed by atoms with van der Waals surface area (Å²) in [5.41, 5.74) is 4.36. The smallest absolute Gasteiger partial charge is 0.292 e. The van der Waals surface area contributed by atoms with Crippen LogP contribution in [0.1, 0.15) is 0 Å². The summed E-state index contributed by atoms with van der Waals surface area (Å²) in [4.78, 5) is 0. The zero-order valence-electron chi connectivity index (χ0n) is 16.9. The van der Waals surface area contributed by atoms with Gasteiger partial charge in [-0.2, -0.15) is 0 Å². The van der Waals surface area contributed by atoms with Crippen molar-refractivity contribution in [2.45, 2.75) is 0 Å². The van der Waals surface area contributed by atoms with E-state index in [0.29, 0.717) is 11.5 Å². The molecule has 4 nitrogen and oxygen atoms in total. The first-order valence-corrected chi connectivity index (χ1v) is 10.1. The molecule has 0 aliphatic heterocycles. The number of hydrogen-bond acceptors (Lipinski definition) is 4. The molecule has 5 aromatic rings. The van der Waals surface area contributed by atoms with E-state index in [1.807, 2.05) is 72.8 Å². The number of nitriles is 2. The van der Waals surface area contributed by atoms with E-state index >= 15 is 0 Å². The SMILES string of the molecule is N#COc1ccc(-c2c3ccccc3c(-c3ccc(OC#N)cc3)c3ccccc23)cc1. The second kappa shape index (κ2) is 8.14. The minimum atomic E-state index is 0.515. The summed E-state index contributed by atoms with van der Waals surface area (Å²) in [5.74, 6) is 1.03. The molecule has 0 bridgehead atoms. The largest absolute Gasteiger partial charge is 0.388 e. The van der Waals surface area contributed by atoms with E-state index in [9.17, 15) is 0 Å². The van der Waals surface area contributed by atoms with Gasteiger partial charge in [-0.15, -0.1) is 10.5 Å². The van der Waals surface area contributed by atoms with Gasteiger partial charge in [0.05, 0.1) is 0 Å². The molecule has 0 aliphatic rings. The number of ether oxygens (including phenoxy) is 2. The van der Waals surface area contributed by atoms with E-state index in [2.05, 4.69) is 24.3 Å². The predicted molar refractivity (Wildman–Crippen MR) is 125 cm³/mol. The molecule has 0 heterocycles. The molecule has 5 aromatic carbocycles. The zero-order chi connectivity index (χ0) is 21.9. The van der Waals surface area contributed by atoms with Gasteiger partial charge < -0.3 is 9.47 Å². The van der Waals surface area contributed by atoms with Crippen molar-refractivity contribution in [3.05, 3.63) is 97.1 Å². The molecule has 150 valence electrons. The van der Waals surface area contributed by atoms with Gasteiger partial charge in [0, 0.05) is 0 Å². The molecule has 0 atom stereocenters. The maximum atomic E-state index is 8.78. The summed E-state index contributed by atoms with van der Waals surface area (Å²) >= 11 is 0. The van der Waals surface area contributed by atoms with Crippen molar-refractivity contribution in [3.8, 4) is 46.3 Å². The summed E-state index contributed by atoms with van der Waals surface area (Å²) in [6, 6.07) is 31.9. The lowest BCUT2D eigenvalue weighted by molar-refractivity contribution is 0.507. The predicted octanol–water partition coefficient (Wildman–Crippen LogP) is 7.05. The van der Waals surface area contributed by atoms with Crippen molar-refractivity contribution in [1.29, 1.82) is 10.5 Å².